The predicted octanol–water partition coefficient (Wildman–Crippen LogP) is 5.67. The van der Waals surface area contributed by atoms with Gasteiger partial charge in [-0.05, 0) is 70.4 Å². The average molecular weight is 369 g/mol. The molecule has 146 valence electrons. The van der Waals surface area contributed by atoms with Crippen molar-refractivity contribution in [3.8, 4) is 11.5 Å². The van der Waals surface area contributed by atoms with Gasteiger partial charge in [-0.2, -0.15) is 0 Å². The quantitative estimate of drug-likeness (QED) is 0.731. The number of methoxy groups -OCH3 is 1. The van der Waals surface area contributed by atoms with Crippen molar-refractivity contribution >= 4 is 0 Å². The molecule has 2 N–H and O–H groups in total. The molecule has 0 unspecified atom stereocenters. The van der Waals surface area contributed by atoms with Gasteiger partial charge >= 0.3 is 0 Å². The van der Waals surface area contributed by atoms with Crippen LogP contribution in [0.2, 0.25) is 0 Å². The van der Waals surface area contributed by atoms with Gasteiger partial charge in [-0.3, -0.25) is 0 Å². The van der Waals surface area contributed by atoms with Crippen molar-refractivity contribution in [2.24, 2.45) is 5.92 Å². The van der Waals surface area contributed by atoms with Crippen LogP contribution < -0.4 is 0 Å². The first-order valence-electron chi connectivity index (χ1n) is 9.94. The number of aromatic hydroxyl groups is 2. The summed E-state index contributed by atoms with van der Waals surface area (Å²) >= 11 is 0. The zero-order valence-corrected chi connectivity index (χ0v) is 17.2. The zero-order chi connectivity index (χ0) is 19.7. The number of hydrogen-bond acceptors (Lipinski definition) is 3. The number of phenols is 2. The Hall–Kier alpha value is -2.00. The van der Waals surface area contributed by atoms with Gasteiger partial charge < -0.3 is 14.9 Å². The van der Waals surface area contributed by atoms with Crippen LogP contribution in [0.1, 0.15) is 65.0 Å². The lowest BCUT2D eigenvalue weighted by molar-refractivity contribution is 0.0542. The summed E-state index contributed by atoms with van der Waals surface area (Å²) in [6, 6.07) is 8.21. The maximum absolute atomic E-state index is 10.9. The van der Waals surface area contributed by atoms with E-state index in [1.54, 1.807) is 7.11 Å². The second-order valence-electron chi connectivity index (χ2n) is 8.29. The molecule has 0 atom stereocenters. The molecule has 0 saturated heterocycles. The monoisotopic (exact) mass is 368 g/mol. The fraction of sp³-hybridized carbons (Fsp3) is 0.500. The summed E-state index contributed by atoms with van der Waals surface area (Å²) in [4.78, 5) is 0. The van der Waals surface area contributed by atoms with E-state index in [9.17, 15) is 10.2 Å². The molecule has 0 amide bonds. The van der Waals surface area contributed by atoms with Crippen LogP contribution in [-0.2, 0) is 4.74 Å². The first-order valence-corrected chi connectivity index (χ1v) is 9.94. The molecule has 2 aromatic rings. The second kappa shape index (κ2) is 7.93. The van der Waals surface area contributed by atoms with Gasteiger partial charge in [0.05, 0.1) is 6.10 Å². The molecule has 1 saturated carbocycles. The minimum Gasteiger partial charge on any atom is -0.507 e. The fourth-order valence-corrected chi connectivity index (χ4v) is 4.79. The Kier molecular flexibility index (Phi) is 5.81. The number of phenolic OH excluding ortho intramolecular Hbond substituents is 2. The van der Waals surface area contributed by atoms with Crippen molar-refractivity contribution in [2.75, 3.05) is 7.11 Å². The molecule has 2 aromatic carbocycles. The maximum Gasteiger partial charge on any atom is 0.122 e. The number of hydrogen-bond donors (Lipinski definition) is 2. The van der Waals surface area contributed by atoms with Crippen LogP contribution in [0.25, 0.3) is 0 Å². The molecule has 0 heterocycles. The van der Waals surface area contributed by atoms with Gasteiger partial charge in [0.2, 0.25) is 0 Å². The molecule has 1 fully saturated rings. The Bertz CT molecular complexity index is 759. The summed E-state index contributed by atoms with van der Waals surface area (Å²) in [6.07, 6.45) is 4.43. The van der Waals surface area contributed by atoms with Crippen LogP contribution in [0, 0.1) is 33.6 Å². The molecular formula is C24H32O3. The van der Waals surface area contributed by atoms with E-state index in [0.29, 0.717) is 23.5 Å². The molecule has 3 heteroatoms. The van der Waals surface area contributed by atoms with Crippen molar-refractivity contribution < 1.29 is 14.9 Å². The van der Waals surface area contributed by atoms with Crippen LogP contribution in [0.15, 0.2) is 24.3 Å². The van der Waals surface area contributed by atoms with Crippen LogP contribution in [-0.4, -0.2) is 23.4 Å². The highest BCUT2D eigenvalue weighted by molar-refractivity contribution is 5.53. The number of ether oxygens (including phenoxy) is 1. The standard InChI is InChI=1S/C24H32O3/c1-14-10-16(3)23(25)20(12-14)22(18-6-8-19(27-5)9-7-18)21-13-15(2)11-17(4)24(21)26/h10-13,18-19,22,25-26H,6-9H2,1-5H3. The number of aryl methyl sites for hydroxylation is 4. The summed E-state index contributed by atoms with van der Waals surface area (Å²) in [6.45, 7) is 8.03. The molecule has 3 nitrogen and oxygen atoms in total. The lowest BCUT2D eigenvalue weighted by Crippen LogP contribution is -2.25. The van der Waals surface area contributed by atoms with Gasteiger partial charge in [-0.25, -0.2) is 0 Å². The molecule has 3 rings (SSSR count). The third-order valence-electron chi connectivity index (χ3n) is 6.14. The van der Waals surface area contributed by atoms with Crippen molar-refractivity contribution in [1.82, 2.24) is 0 Å². The van der Waals surface area contributed by atoms with Crippen LogP contribution in [0.4, 0.5) is 0 Å². The first-order chi connectivity index (χ1) is 12.8. The Balaban J connectivity index is 2.14. The third kappa shape index (κ3) is 3.98. The molecule has 0 spiro atoms. The number of rotatable bonds is 4. The normalized spacial score (nSPS) is 20.2. The Morgan fingerprint density at radius 2 is 1.22 bits per heavy atom. The van der Waals surface area contributed by atoms with E-state index in [1.165, 1.54) is 0 Å². The summed E-state index contributed by atoms with van der Waals surface area (Å²) in [5.41, 5.74) is 5.94. The van der Waals surface area contributed by atoms with E-state index in [1.807, 2.05) is 26.0 Å². The Morgan fingerprint density at radius 1 is 0.778 bits per heavy atom. The first kappa shape index (κ1) is 19.8. The highest BCUT2D eigenvalue weighted by Crippen LogP contribution is 2.47. The molecule has 0 aromatic heterocycles. The summed E-state index contributed by atoms with van der Waals surface area (Å²) in [7, 11) is 1.79. The van der Waals surface area contributed by atoms with Gasteiger partial charge in [0, 0.05) is 24.2 Å². The maximum atomic E-state index is 10.9. The SMILES string of the molecule is COC1CCC(C(c2cc(C)cc(C)c2O)c2cc(C)cc(C)c2O)CC1. The Labute approximate surface area is 163 Å². The third-order valence-corrected chi connectivity index (χ3v) is 6.14. The topological polar surface area (TPSA) is 49.7 Å². The zero-order valence-electron chi connectivity index (χ0n) is 17.2. The smallest absolute Gasteiger partial charge is 0.122 e. The summed E-state index contributed by atoms with van der Waals surface area (Å²) in [5, 5.41) is 21.8. The van der Waals surface area contributed by atoms with E-state index in [2.05, 4.69) is 26.0 Å². The minimum absolute atomic E-state index is 0.0139. The molecular weight excluding hydrogens is 336 g/mol. The van der Waals surface area contributed by atoms with E-state index in [4.69, 9.17) is 4.74 Å². The molecule has 27 heavy (non-hydrogen) atoms. The highest BCUT2D eigenvalue weighted by atomic mass is 16.5. The predicted molar refractivity (Wildman–Crippen MR) is 110 cm³/mol. The second-order valence-corrected chi connectivity index (χ2v) is 8.29. The van der Waals surface area contributed by atoms with Crippen molar-refractivity contribution in [2.45, 2.75) is 65.4 Å². The molecule has 0 radical (unpaired) electrons. The van der Waals surface area contributed by atoms with Crippen LogP contribution in [0.5, 0.6) is 11.5 Å². The fourth-order valence-electron chi connectivity index (χ4n) is 4.79. The van der Waals surface area contributed by atoms with E-state index < -0.39 is 0 Å². The van der Waals surface area contributed by atoms with Crippen LogP contribution >= 0.6 is 0 Å². The van der Waals surface area contributed by atoms with Gasteiger partial charge in [0.15, 0.2) is 0 Å². The summed E-state index contributed by atoms with van der Waals surface area (Å²) < 4.78 is 5.56. The van der Waals surface area contributed by atoms with Crippen LogP contribution in [0.3, 0.4) is 0 Å². The summed E-state index contributed by atoms with van der Waals surface area (Å²) in [5.74, 6) is 1.08. The van der Waals surface area contributed by atoms with Crippen molar-refractivity contribution in [3.63, 3.8) is 0 Å². The van der Waals surface area contributed by atoms with Gasteiger partial charge in [0.1, 0.15) is 11.5 Å². The highest BCUT2D eigenvalue weighted by Gasteiger charge is 2.33. The van der Waals surface area contributed by atoms with E-state index in [0.717, 1.165) is 59.1 Å². The molecule has 1 aliphatic rings. The van der Waals surface area contributed by atoms with Crippen molar-refractivity contribution in [3.05, 3.63) is 57.6 Å². The van der Waals surface area contributed by atoms with Gasteiger partial charge in [-0.1, -0.05) is 35.4 Å². The van der Waals surface area contributed by atoms with Gasteiger partial charge in [-0.15, -0.1) is 0 Å². The molecule has 1 aliphatic carbocycles. The molecule has 0 bridgehead atoms. The average Bonchev–Trinajstić information content (AvgIpc) is 2.63. The Morgan fingerprint density at radius 3 is 1.63 bits per heavy atom. The number of benzene rings is 2. The lowest BCUT2D eigenvalue weighted by Gasteiger charge is -2.35. The molecule has 0 aliphatic heterocycles. The lowest BCUT2D eigenvalue weighted by atomic mass is 9.71. The minimum atomic E-state index is -0.0139. The van der Waals surface area contributed by atoms with Gasteiger partial charge in [0.25, 0.3) is 0 Å². The van der Waals surface area contributed by atoms with E-state index in [-0.39, 0.29) is 5.92 Å². The van der Waals surface area contributed by atoms with E-state index >= 15 is 0 Å². The van der Waals surface area contributed by atoms with Crippen molar-refractivity contribution in [1.29, 1.82) is 0 Å². The largest absolute Gasteiger partial charge is 0.507 e.